The fraction of sp³-hybridized carbons (Fsp3) is 0.423. The normalized spacial score (nSPS) is 24.6. The van der Waals surface area contributed by atoms with Gasteiger partial charge in [0.05, 0.1) is 6.54 Å². The van der Waals surface area contributed by atoms with Crippen LogP contribution in [0.4, 0.5) is 13.6 Å². The summed E-state index contributed by atoms with van der Waals surface area (Å²) in [5, 5.41) is 12.0. The molecule has 7 nitrogen and oxygen atoms in total. The van der Waals surface area contributed by atoms with Crippen molar-refractivity contribution < 1.29 is 33.0 Å². The zero-order valence-electron chi connectivity index (χ0n) is 19.0. The largest absolute Gasteiger partial charge is 0.480 e. The number of nitrogens with one attached hydrogen (secondary N) is 1. The van der Waals surface area contributed by atoms with E-state index in [4.69, 9.17) is 4.74 Å². The number of ether oxygens (including phenoxy) is 1. The minimum absolute atomic E-state index is 0.0733. The van der Waals surface area contributed by atoms with Gasteiger partial charge in [-0.25, -0.2) is 18.4 Å². The van der Waals surface area contributed by atoms with Gasteiger partial charge in [0.1, 0.15) is 12.6 Å². The number of alkyl halides is 2. The quantitative estimate of drug-likeness (QED) is 0.669. The van der Waals surface area contributed by atoms with Gasteiger partial charge in [-0.2, -0.15) is 0 Å². The molecule has 1 heterocycles. The van der Waals surface area contributed by atoms with Crippen LogP contribution in [0.5, 0.6) is 0 Å². The zero-order valence-corrected chi connectivity index (χ0v) is 19.0. The number of carbonyl (C=O) groups excluding carboxylic acids is 2. The number of nitrogens with zero attached hydrogens (tertiary/aromatic N) is 1. The predicted octanol–water partition coefficient (Wildman–Crippen LogP) is 4.01. The SMILES string of the molecule is O=C(N[C@@H]1CC[C@H](C(=O)N2CC(F)(F)C[C@@H]2C(=O)O)C1)OCC1c2ccccc2-c2ccccc21. The lowest BCUT2D eigenvalue weighted by molar-refractivity contribution is -0.149. The van der Waals surface area contributed by atoms with E-state index in [1.165, 1.54) is 0 Å². The van der Waals surface area contributed by atoms with E-state index in [0.29, 0.717) is 12.8 Å². The topological polar surface area (TPSA) is 95.9 Å². The van der Waals surface area contributed by atoms with Crippen molar-refractivity contribution in [3.05, 3.63) is 59.7 Å². The van der Waals surface area contributed by atoms with Crippen LogP contribution in [0.2, 0.25) is 0 Å². The number of rotatable bonds is 5. The highest BCUT2D eigenvalue weighted by molar-refractivity contribution is 5.86. The summed E-state index contributed by atoms with van der Waals surface area (Å²) in [6.45, 7) is -0.720. The molecule has 35 heavy (non-hydrogen) atoms. The van der Waals surface area contributed by atoms with Gasteiger partial charge in [-0.1, -0.05) is 48.5 Å². The van der Waals surface area contributed by atoms with Gasteiger partial charge < -0.3 is 20.1 Å². The molecule has 1 aliphatic heterocycles. The van der Waals surface area contributed by atoms with Crippen LogP contribution in [0.15, 0.2) is 48.5 Å². The van der Waals surface area contributed by atoms with Crippen LogP contribution < -0.4 is 5.32 Å². The summed E-state index contributed by atoms with van der Waals surface area (Å²) < 4.78 is 33.1. The monoisotopic (exact) mass is 484 g/mol. The molecule has 2 aromatic carbocycles. The Morgan fingerprint density at radius 2 is 1.66 bits per heavy atom. The molecule has 0 unspecified atom stereocenters. The van der Waals surface area contributed by atoms with Crippen molar-refractivity contribution in [2.45, 2.75) is 49.6 Å². The molecule has 1 saturated heterocycles. The lowest BCUT2D eigenvalue weighted by Crippen LogP contribution is -2.44. The number of likely N-dealkylation sites (tertiary alicyclic amines) is 1. The van der Waals surface area contributed by atoms with Crippen LogP contribution in [0.1, 0.15) is 42.7 Å². The van der Waals surface area contributed by atoms with Crippen LogP contribution >= 0.6 is 0 Å². The molecule has 2 fully saturated rings. The molecule has 2 aromatic rings. The van der Waals surface area contributed by atoms with E-state index in [1.807, 2.05) is 36.4 Å². The molecule has 1 saturated carbocycles. The van der Waals surface area contributed by atoms with E-state index in [-0.39, 0.29) is 25.0 Å². The lowest BCUT2D eigenvalue weighted by Gasteiger charge is -2.24. The summed E-state index contributed by atoms with van der Waals surface area (Å²) in [4.78, 5) is 37.5. The Balaban J connectivity index is 1.17. The lowest BCUT2D eigenvalue weighted by atomic mass is 9.98. The first-order valence-electron chi connectivity index (χ1n) is 11.8. The van der Waals surface area contributed by atoms with Gasteiger partial charge in [0.25, 0.3) is 5.92 Å². The molecule has 184 valence electrons. The van der Waals surface area contributed by atoms with E-state index in [2.05, 4.69) is 17.4 Å². The van der Waals surface area contributed by atoms with Crippen molar-refractivity contribution in [1.29, 1.82) is 0 Å². The Morgan fingerprint density at radius 3 is 2.29 bits per heavy atom. The average molecular weight is 484 g/mol. The fourth-order valence-electron chi connectivity index (χ4n) is 5.65. The van der Waals surface area contributed by atoms with Crippen LogP contribution in [-0.4, -0.2) is 59.1 Å². The number of carbonyl (C=O) groups is 3. The number of alkyl carbamates (subject to hydrolysis) is 1. The second kappa shape index (κ2) is 8.94. The van der Waals surface area contributed by atoms with Gasteiger partial charge in [-0.15, -0.1) is 0 Å². The first kappa shape index (κ1) is 23.3. The van der Waals surface area contributed by atoms with Crippen molar-refractivity contribution >= 4 is 18.0 Å². The van der Waals surface area contributed by atoms with E-state index in [9.17, 15) is 28.3 Å². The molecule has 0 aromatic heterocycles. The maximum Gasteiger partial charge on any atom is 0.407 e. The molecule has 0 spiro atoms. The first-order valence-corrected chi connectivity index (χ1v) is 11.8. The fourth-order valence-corrected chi connectivity index (χ4v) is 5.65. The third kappa shape index (κ3) is 4.47. The van der Waals surface area contributed by atoms with Gasteiger partial charge in [0, 0.05) is 24.3 Å². The number of benzene rings is 2. The van der Waals surface area contributed by atoms with Crippen LogP contribution in [-0.2, 0) is 14.3 Å². The highest BCUT2D eigenvalue weighted by Gasteiger charge is 2.51. The third-order valence-corrected chi connectivity index (χ3v) is 7.29. The minimum atomic E-state index is -3.21. The van der Waals surface area contributed by atoms with Gasteiger partial charge in [0.2, 0.25) is 5.91 Å². The second-order valence-corrected chi connectivity index (χ2v) is 9.56. The highest BCUT2D eigenvalue weighted by Crippen LogP contribution is 2.44. The third-order valence-electron chi connectivity index (χ3n) is 7.29. The molecule has 0 bridgehead atoms. The number of halogens is 2. The molecule has 0 radical (unpaired) electrons. The van der Waals surface area contributed by atoms with Crippen LogP contribution in [0, 0.1) is 5.92 Å². The summed E-state index contributed by atoms with van der Waals surface area (Å²) >= 11 is 0. The number of carboxylic acid groups (broad SMARTS) is 1. The molecule has 2 amide bonds. The molecule has 2 N–H and O–H groups in total. The van der Waals surface area contributed by atoms with Crippen molar-refractivity contribution in [1.82, 2.24) is 10.2 Å². The molecular formula is C26H26F2N2O5. The Morgan fingerprint density at radius 1 is 1.03 bits per heavy atom. The Labute approximate surface area is 201 Å². The maximum atomic E-state index is 13.8. The number of hydrogen-bond donors (Lipinski definition) is 2. The Bertz CT molecular complexity index is 1120. The summed E-state index contributed by atoms with van der Waals surface area (Å²) in [6.07, 6.45) is -0.329. The minimum Gasteiger partial charge on any atom is -0.480 e. The second-order valence-electron chi connectivity index (χ2n) is 9.56. The molecule has 2 aliphatic carbocycles. The average Bonchev–Trinajstić information content (AvgIpc) is 3.51. The van der Waals surface area contributed by atoms with Crippen molar-refractivity contribution in [3.8, 4) is 11.1 Å². The van der Waals surface area contributed by atoms with Crippen molar-refractivity contribution in [2.75, 3.05) is 13.2 Å². The molecule has 3 atom stereocenters. The standard InChI is InChI=1S/C26H26F2N2O5/c27-26(28)12-22(24(32)33)30(14-26)23(31)15-9-10-16(11-15)29-25(34)35-13-21-19-7-3-1-5-17(19)18-6-2-4-8-20(18)21/h1-8,15-16,21-22H,9-14H2,(H,29,34)(H,32,33)/t15-,16+,22+/m0/s1. The van der Waals surface area contributed by atoms with E-state index < -0.39 is 48.8 Å². The van der Waals surface area contributed by atoms with E-state index in [1.54, 1.807) is 0 Å². The molecule has 9 heteroatoms. The summed E-state index contributed by atoms with van der Waals surface area (Å²) in [5.41, 5.74) is 4.45. The number of aliphatic carboxylic acids is 1. The summed E-state index contributed by atoms with van der Waals surface area (Å²) in [7, 11) is 0. The first-order chi connectivity index (χ1) is 16.7. The molecule has 3 aliphatic rings. The number of carboxylic acids is 1. The van der Waals surface area contributed by atoms with Gasteiger partial charge in [0.15, 0.2) is 0 Å². The van der Waals surface area contributed by atoms with E-state index in [0.717, 1.165) is 27.2 Å². The van der Waals surface area contributed by atoms with Crippen LogP contribution in [0.25, 0.3) is 11.1 Å². The number of amides is 2. The number of fused-ring (bicyclic) bond motifs is 3. The van der Waals surface area contributed by atoms with Gasteiger partial charge >= 0.3 is 12.1 Å². The zero-order chi connectivity index (χ0) is 24.7. The number of hydrogen-bond acceptors (Lipinski definition) is 4. The van der Waals surface area contributed by atoms with Gasteiger partial charge in [-0.3, -0.25) is 4.79 Å². The predicted molar refractivity (Wildman–Crippen MR) is 122 cm³/mol. The smallest absolute Gasteiger partial charge is 0.407 e. The van der Waals surface area contributed by atoms with Crippen molar-refractivity contribution in [2.24, 2.45) is 5.92 Å². The summed E-state index contributed by atoms with van der Waals surface area (Å²) in [6, 6.07) is 14.2. The molecule has 5 rings (SSSR count). The summed E-state index contributed by atoms with van der Waals surface area (Å²) in [5.74, 6) is -5.91. The van der Waals surface area contributed by atoms with Crippen LogP contribution in [0.3, 0.4) is 0 Å². The highest BCUT2D eigenvalue weighted by atomic mass is 19.3. The van der Waals surface area contributed by atoms with E-state index >= 15 is 0 Å². The Hall–Kier alpha value is -3.49. The van der Waals surface area contributed by atoms with Gasteiger partial charge in [-0.05, 0) is 41.5 Å². The maximum absolute atomic E-state index is 13.8. The molecular weight excluding hydrogens is 458 g/mol. The Kier molecular flexibility index (Phi) is 5.94. The van der Waals surface area contributed by atoms with Crippen molar-refractivity contribution in [3.63, 3.8) is 0 Å².